The molecular formula is C17H14Br2N2. The molecule has 0 aliphatic rings. The van der Waals surface area contributed by atoms with Gasteiger partial charge in [-0.05, 0) is 30.2 Å². The molecule has 1 aromatic heterocycles. The molecule has 21 heavy (non-hydrogen) atoms. The zero-order valence-corrected chi connectivity index (χ0v) is 14.5. The van der Waals surface area contributed by atoms with Crippen LogP contribution in [0.5, 0.6) is 0 Å². The number of aromatic amines is 1. The Kier molecular flexibility index (Phi) is 4.56. The van der Waals surface area contributed by atoms with Gasteiger partial charge in [-0.25, -0.2) is 4.98 Å². The van der Waals surface area contributed by atoms with Crippen molar-refractivity contribution in [2.75, 3.05) is 0 Å². The van der Waals surface area contributed by atoms with Crippen LogP contribution in [0.15, 0.2) is 63.7 Å². The summed E-state index contributed by atoms with van der Waals surface area (Å²) in [4.78, 5) is 7.97. The standard InChI is InChI=1S/C17H14Br2N2/c18-13-7-8-15(19)14(10-13)16-11-20-17(21-16)9-6-12-4-2-1-3-5-12/h1-5,7-8,10-11H,6,9H2,(H,20,21). The molecular weight excluding hydrogens is 392 g/mol. The van der Waals surface area contributed by atoms with Gasteiger partial charge in [-0.3, -0.25) is 0 Å². The molecule has 0 atom stereocenters. The number of nitrogens with zero attached hydrogens (tertiary/aromatic N) is 1. The number of H-pyrrole nitrogens is 1. The summed E-state index contributed by atoms with van der Waals surface area (Å²) in [5.74, 6) is 1.01. The summed E-state index contributed by atoms with van der Waals surface area (Å²) in [6.07, 6.45) is 3.87. The average Bonchev–Trinajstić information content (AvgIpc) is 2.97. The van der Waals surface area contributed by atoms with Crippen molar-refractivity contribution in [3.63, 3.8) is 0 Å². The first-order valence-electron chi connectivity index (χ1n) is 6.76. The highest BCUT2D eigenvalue weighted by Gasteiger charge is 2.08. The fourth-order valence-corrected chi connectivity index (χ4v) is 3.04. The molecule has 0 radical (unpaired) electrons. The van der Waals surface area contributed by atoms with Crippen LogP contribution in [-0.2, 0) is 12.8 Å². The average molecular weight is 406 g/mol. The Morgan fingerprint density at radius 3 is 2.57 bits per heavy atom. The fourth-order valence-electron chi connectivity index (χ4n) is 2.23. The maximum Gasteiger partial charge on any atom is 0.107 e. The molecule has 0 saturated heterocycles. The lowest BCUT2D eigenvalue weighted by atomic mass is 10.1. The number of hydrogen-bond donors (Lipinski definition) is 1. The van der Waals surface area contributed by atoms with Crippen molar-refractivity contribution in [3.8, 4) is 11.3 Å². The molecule has 1 heterocycles. The van der Waals surface area contributed by atoms with Crippen LogP contribution in [0.4, 0.5) is 0 Å². The van der Waals surface area contributed by atoms with E-state index in [0.717, 1.165) is 38.9 Å². The first kappa shape index (κ1) is 14.5. The van der Waals surface area contributed by atoms with Gasteiger partial charge in [0.25, 0.3) is 0 Å². The van der Waals surface area contributed by atoms with Crippen molar-refractivity contribution >= 4 is 31.9 Å². The number of imidazole rings is 1. The van der Waals surface area contributed by atoms with E-state index in [1.807, 2.05) is 24.4 Å². The van der Waals surface area contributed by atoms with Gasteiger partial charge in [0.05, 0.1) is 5.69 Å². The Morgan fingerprint density at radius 2 is 1.76 bits per heavy atom. The molecule has 2 nitrogen and oxygen atoms in total. The molecule has 0 bridgehead atoms. The molecule has 0 aliphatic heterocycles. The number of halogens is 2. The number of aryl methyl sites for hydroxylation is 2. The third kappa shape index (κ3) is 3.63. The van der Waals surface area contributed by atoms with Gasteiger partial charge in [0.2, 0.25) is 0 Å². The summed E-state index contributed by atoms with van der Waals surface area (Å²) in [5, 5.41) is 0. The number of hydrogen-bond acceptors (Lipinski definition) is 1. The molecule has 0 saturated carbocycles. The van der Waals surface area contributed by atoms with Gasteiger partial charge in [-0.1, -0.05) is 62.2 Å². The van der Waals surface area contributed by atoms with E-state index >= 15 is 0 Å². The summed E-state index contributed by atoms with van der Waals surface area (Å²) < 4.78 is 2.10. The number of nitrogens with one attached hydrogen (secondary N) is 1. The van der Waals surface area contributed by atoms with Crippen LogP contribution in [0.25, 0.3) is 11.3 Å². The molecule has 0 amide bonds. The molecule has 0 unspecified atom stereocenters. The molecule has 0 fully saturated rings. The van der Waals surface area contributed by atoms with Crippen LogP contribution < -0.4 is 0 Å². The highest BCUT2D eigenvalue weighted by molar-refractivity contribution is 9.11. The van der Waals surface area contributed by atoms with Crippen molar-refractivity contribution in [3.05, 3.63) is 75.1 Å². The number of rotatable bonds is 4. The molecule has 1 N–H and O–H groups in total. The van der Waals surface area contributed by atoms with Crippen LogP contribution >= 0.6 is 31.9 Å². The van der Waals surface area contributed by atoms with Gasteiger partial charge >= 0.3 is 0 Å². The molecule has 3 aromatic rings. The minimum atomic E-state index is 0.912. The summed E-state index contributed by atoms with van der Waals surface area (Å²) >= 11 is 7.08. The fraction of sp³-hybridized carbons (Fsp3) is 0.118. The summed E-state index contributed by atoms with van der Waals surface area (Å²) in [5.41, 5.74) is 3.39. The predicted octanol–water partition coefficient (Wildman–Crippen LogP) is 5.39. The van der Waals surface area contributed by atoms with E-state index in [4.69, 9.17) is 4.98 Å². The van der Waals surface area contributed by atoms with Crippen LogP contribution in [0, 0.1) is 0 Å². The highest BCUT2D eigenvalue weighted by atomic mass is 79.9. The smallest absolute Gasteiger partial charge is 0.107 e. The predicted molar refractivity (Wildman–Crippen MR) is 93.3 cm³/mol. The zero-order valence-electron chi connectivity index (χ0n) is 11.3. The first-order chi connectivity index (χ1) is 10.2. The topological polar surface area (TPSA) is 28.7 Å². The number of aromatic nitrogens is 2. The van der Waals surface area contributed by atoms with Gasteiger partial charge < -0.3 is 4.98 Å². The molecule has 0 spiro atoms. The van der Waals surface area contributed by atoms with E-state index in [1.165, 1.54) is 5.56 Å². The Morgan fingerprint density at radius 1 is 0.952 bits per heavy atom. The summed E-state index contributed by atoms with van der Waals surface area (Å²) in [7, 11) is 0. The second-order valence-electron chi connectivity index (χ2n) is 4.84. The molecule has 0 aliphatic carbocycles. The zero-order chi connectivity index (χ0) is 14.7. The second kappa shape index (κ2) is 6.58. The lowest BCUT2D eigenvalue weighted by Gasteiger charge is -2.01. The van der Waals surface area contributed by atoms with Crippen LogP contribution in [0.1, 0.15) is 11.4 Å². The van der Waals surface area contributed by atoms with Crippen LogP contribution in [0.3, 0.4) is 0 Å². The van der Waals surface area contributed by atoms with E-state index in [0.29, 0.717) is 0 Å². The number of benzene rings is 2. The lowest BCUT2D eigenvalue weighted by Crippen LogP contribution is -1.93. The maximum absolute atomic E-state index is 4.69. The van der Waals surface area contributed by atoms with E-state index in [-0.39, 0.29) is 0 Å². The lowest BCUT2D eigenvalue weighted by molar-refractivity contribution is 0.885. The quantitative estimate of drug-likeness (QED) is 0.619. The van der Waals surface area contributed by atoms with Crippen molar-refractivity contribution in [2.24, 2.45) is 0 Å². The largest absolute Gasteiger partial charge is 0.348 e. The van der Waals surface area contributed by atoms with E-state index in [2.05, 4.69) is 67.2 Å². The van der Waals surface area contributed by atoms with Crippen molar-refractivity contribution in [2.45, 2.75) is 12.8 Å². The van der Waals surface area contributed by atoms with Gasteiger partial charge in [-0.2, -0.15) is 0 Å². The van der Waals surface area contributed by atoms with Crippen LogP contribution in [0.2, 0.25) is 0 Å². The van der Waals surface area contributed by atoms with Gasteiger partial charge in [0.15, 0.2) is 0 Å². The normalized spacial score (nSPS) is 10.8. The molecule has 4 heteroatoms. The van der Waals surface area contributed by atoms with Gasteiger partial charge in [0, 0.05) is 27.1 Å². The van der Waals surface area contributed by atoms with E-state index in [9.17, 15) is 0 Å². The minimum Gasteiger partial charge on any atom is -0.348 e. The minimum absolute atomic E-state index is 0.912. The highest BCUT2D eigenvalue weighted by Crippen LogP contribution is 2.29. The van der Waals surface area contributed by atoms with E-state index < -0.39 is 0 Å². The SMILES string of the molecule is Brc1ccc(Br)c(-c2c[nH]c(CCc3ccccc3)n2)c1. The monoisotopic (exact) mass is 404 g/mol. The van der Waals surface area contributed by atoms with Crippen LogP contribution in [-0.4, -0.2) is 9.97 Å². The van der Waals surface area contributed by atoms with Crippen molar-refractivity contribution in [1.29, 1.82) is 0 Å². The molecule has 3 rings (SSSR count). The third-order valence-corrected chi connectivity index (χ3v) is 4.51. The molecule has 2 aromatic carbocycles. The van der Waals surface area contributed by atoms with Gasteiger partial charge in [-0.15, -0.1) is 0 Å². The maximum atomic E-state index is 4.69. The van der Waals surface area contributed by atoms with Gasteiger partial charge in [0.1, 0.15) is 5.82 Å². The summed E-state index contributed by atoms with van der Waals surface area (Å²) in [6.45, 7) is 0. The van der Waals surface area contributed by atoms with Crippen molar-refractivity contribution in [1.82, 2.24) is 9.97 Å². The Hall–Kier alpha value is -1.39. The second-order valence-corrected chi connectivity index (χ2v) is 6.61. The Bertz CT molecular complexity index is 736. The van der Waals surface area contributed by atoms with Crippen molar-refractivity contribution < 1.29 is 0 Å². The summed E-state index contributed by atoms with van der Waals surface area (Å²) in [6, 6.07) is 16.6. The Balaban J connectivity index is 1.76. The van der Waals surface area contributed by atoms with E-state index in [1.54, 1.807) is 0 Å². The Labute approximate surface area is 140 Å². The third-order valence-electron chi connectivity index (χ3n) is 3.33. The molecule has 106 valence electrons. The first-order valence-corrected chi connectivity index (χ1v) is 8.34.